The summed E-state index contributed by atoms with van der Waals surface area (Å²) in [5.41, 5.74) is 7.07. The molecule has 0 radical (unpaired) electrons. The van der Waals surface area contributed by atoms with Crippen LogP contribution in [0.3, 0.4) is 0 Å². The molecule has 268 valence electrons. The highest BCUT2D eigenvalue weighted by Gasteiger charge is 2.46. The van der Waals surface area contributed by atoms with Gasteiger partial charge in [0.15, 0.2) is 12.6 Å². The summed E-state index contributed by atoms with van der Waals surface area (Å²) in [6.07, 6.45) is -3.42. The number of alkyl carbamates (subject to hydrolysis) is 1. The number of fused-ring (bicyclic) bond motifs is 2. The molecule has 4 fully saturated rings. The molecule has 15 heteroatoms. The number of carbonyl (C=O) groups excluding carboxylic acids is 2. The smallest absolute Gasteiger partial charge is 0.443 e. The van der Waals surface area contributed by atoms with E-state index in [0.29, 0.717) is 31.7 Å². The zero-order valence-electron chi connectivity index (χ0n) is 27.7. The Hall–Kier alpha value is -3.47. The number of carbonyl (C=O) groups is 2. The number of nitrogens with one attached hydrogen (secondary N) is 1. The molecule has 2 aromatic rings. The molecule has 6 rings (SSSR count). The molecule has 0 bridgehead atoms. The Kier molecular flexibility index (Phi) is 11.3. The molecule has 4 aliphatic rings. The second-order valence-electron chi connectivity index (χ2n) is 13.3. The van der Waals surface area contributed by atoms with Crippen molar-refractivity contribution in [2.45, 2.75) is 74.9 Å². The molecule has 0 saturated carbocycles. The van der Waals surface area contributed by atoms with Gasteiger partial charge in [-0.2, -0.15) is 4.31 Å². The summed E-state index contributed by atoms with van der Waals surface area (Å²) in [4.78, 5) is 27.1. The van der Waals surface area contributed by atoms with Gasteiger partial charge in [0.1, 0.15) is 18.3 Å². The summed E-state index contributed by atoms with van der Waals surface area (Å²) in [5.74, 6) is -0.330. The maximum absolute atomic E-state index is 14.1. The molecule has 2 unspecified atom stereocenters. The van der Waals surface area contributed by atoms with Crippen molar-refractivity contribution in [2.24, 2.45) is 17.8 Å². The number of anilines is 1. The first-order valence-electron chi connectivity index (χ1n) is 16.8. The van der Waals surface area contributed by atoms with E-state index in [4.69, 9.17) is 38.9 Å². The third kappa shape index (κ3) is 8.64. The number of ether oxygens (including phenoxy) is 7. The monoisotopic (exact) mass is 703 g/mol. The van der Waals surface area contributed by atoms with Gasteiger partial charge >= 0.3 is 12.2 Å². The SMILES string of the molecule is CC(C)CN(C[C@@H](OC(=O)O[C@@H]1CO[C@@H]2OCC[C@@H]21)[C@H](Cc1ccccc1)NC(=O)OC1CO[C@H]2OCCC12)S(=O)(=O)c1ccc(N)cc1. The van der Waals surface area contributed by atoms with Crippen LogP contribution >= 0.6 is 0 Å². The molecule has 49 heavy (non-hydrogen) atoms. The van der Waals surface area contributed by atoms with E-state index >= 15 is 0 Å². The molecule has 8 atom stereocenters. The summed E-state index contributed by atoms with van der Waals surface area (Å²) in [6, 6.07) is 14.3. The number of hydrogen-bond acceptors (Lipinski definition) is 12. The summed E-state index contributed by atoms with van der Waals surface area (Å²) >= 11 is 0. The van der Waals surface area contributed by atoms with E-state index in [1.165, 1.54) is 28.6 Å². The lowest BCUT2D eigenvalue weighted by molar-refractivity contribution is -0.0910. The van der Waals surface area contributed by atoms with Gasteiger partial charge in [-0.05, 0) is 55.0 Å². The predicted octanol–water partition coefficient (Wildman–Crippen LogP) is 3.30. The zero-order chi connectivity index (χ0) is 34.5. The number of nitrogen functional groups attached to an aromatic ring is 1. The maximum Gasteiger partial charge on any atom is 0.509 e. The lowest BCUT2D eigenvalue weighted by Crippen LogP contribution is -2.53. The molecule has 4 aliphatic heterocycles. The van der Waals surface area contributed by atoms with Gasteiger partial charge < -0.3 is 44.2 Å². The summed E-state index contributed by atoms with van der Waals surface area (Å²) < 4.78 is 69.4. The summed E-state index contributed by atoms with van der Waals surface area (Å²) in [7, 11) is -4.11. The third-order valence-corrected chi connectivity index (χ3v) is 11.1. The number of benzene rings is 2. The molecule has 3 N–H and O–H groups in total. The molecule has 1 amide bonds. The normalized spacial score (nSPS) is 27.4. The van der Waals surface area contributed by atoms with Crippen LogP contribution in [0, 0.1) is 17.8 Å². The van der Waals surface area contributed by atoms with Crippen molar-refractivity contribution in [3.8, 4) is 0 Å². The van der Waals surface area contributed by atoms with Crippen LogP contribution in [0.25, 0.3) is 0 Å². The summed E-state index contributed by atoms with van der Waals surface area (Å²) in [6.45, 7) is 4.92. The van der Waals surface area contributed by atoms with Crippen molar-refractivity contribution in [3.05, 3.63) is 60.2 Å². The average Bonchev–Trinajstić information content (AvgIpc) is 3.86. The van der Waals surface area contributed by atoms with Gasteiger partial charge in [-0.3, -0.25) is 0 Å². The van der Waals surface area contributed by atoms with Crippen molar-refractivity contribution in [1.82, 2.24) is 9.62 Å². The Morgan fingerprint density at radius 3 is 2.10 bits per heavy atom. The van der Waals surface area contributed by atoms with Gasteiger partial charge in [0.2, 0.25) is 10.0 Å². The fourth-order valence-electron chi connectivity index (χ4n) is 6.75. The van der Waals surface area contributed by atoms with Crippen LogP contribution in [0.2, 0.25) is 0 Å². The van der Waals surface area contributed by atoms with E-state index in [0.717, 1.165) is 5.56 Å². The first kappa shape index (κ1) is 35.4. The highest BCUT2D eigenvalue weighted by atomic mass is 32.2. The molecule has 4 heterocycles. The third-order valence-electron chi connectivity index (χ3n) is 9.24. The molecule has 2 aromatic carbocycles. The minimum absolute atomic E-state index is 0.0283. The lowest BCUT2D eigenvalue weighted by Gasteiger charge is -2.33. The van der Waals surface area contributed by atoms with Crippen LogP contribution in [-0.2, 0) is 49.6 Å². The zero-order valence-corrected chi connectivity index (χ0v) is 28.5. The van der Waals surface area contributed by atoms with Crippen LogP contribution in [-0.4, -0.2) is 101 Å². The number of sulfonamides is 1. The Morgan fingerprint density at radius 2 is 1.49 bits per heavy atom. The van der Waals surface area contributed by atoms with Crippen molar-refractivity contribution in [3.63, 3.8) is 0 Å². The van der Waals surface area contributed by atoms with Crippen LogP contribution < -0.4 is 11.1 Å². The maximum atomic E-state index is 14.1. The second-order valence-corrected chi connectivity index (χ2v) is 15.2. The number of hydrogen-bond donors (Lipinski definition) is 2. The van der Waals surface area contributed by atoms with E-state index < -0.39 is 59.2 Å². The van der Waals surface area contributed by atoms with Gasteiger partial charge in [0.05, 0.1) is 55.7 Å². The first-order chi connectivity index (χ1) is 23.6. The molecule has 4 saturated heterocycles. The summed E-state index contributed by atoms with van der Waals surface area (Å²) in [5, 5.41) is 2.89. The Labute approximate surface area is 286 Å². The topological polar surface area (TPSA) is 174 Å². The minimum atomic E-state index is -4.11. The van der Waals surface area contributed by atoms with E-state index in [1.54, 1.807) is 0 Å². The molecule has 0 aromatic heterocycles. The van der Waals surface area contributed by atoms with Crippen molar-refractivity contribution in [1.29, 1.82) is 0 Å². The van der Waals surface area contributed by atoms with Crippen LogP contribution in [0.5, 0.6) is 0 Å². The molecular weight excluding hydrogens is 658 g/mol. The van der Waals surface area contributed by atoms with E-state index in [1.807, 2.05) is 44.2 Å². The van der Waals surface area contributed by atoms with Crippen LogP contribution in [0.1, 0.15) is 32.3 Å². The largest absolute Gasteiger partial charge is 0.509 e. The van der Waals surface area contributed by atoms with Crippen molar-refractivity contribution in [2.75, 3.05) is 45.3 Å². The van der Waals surface area contributed by atoms with E-state index in [2.05, 4.69) is 5.32 Å². The van der Waals surface area contributed by atoms with E-state index in [-0.39, 0.29) is 55.4 Å². The minimum Gasteiger partial charge on any atom is -0.443 e. The standard InChI is InChI=1S/C34H45N3O11S/c1-21(2)17-37(49(40,41)24-10-8-23(35)9-11-24)18-28(47-34(39)48-30-20-45-32-26(30)13-15-43-32)27(16-22-6-4-3-5-7-22)36-33(38)46-29-19-44-31-25(29)12-14-42-31/h3-11,21,25-32H,12-20,35H2,1-2H3,(H,36,38)/t25?,26-,27+,28-,29?,30-,31-,32+/m1/s1. The first-order valence-corrected chi connectivity index (χ1v) is 18.2. The number of amides is 1. The van der Waals surface area contributed by atoms with Gasteiger partial charge in [-0.15, -0.1) is 0 Å². The van der Waals surface area contributed by atoms with Crippen molar-refractivity contribution >= 4 is 28.0 Å². The predicted molar refractivity (Wildman–Crippen MR) is 175 cm³/mol. The van der Waals surface area contributed by atoms with Crippen LogP contribution in [0.4, 0.5) is 15.3 Å². The fraction of sp³-hybridized carbons (Fsp3) is 0.588. The van der Waals surface area contributed by atoms with Gasteiger partial charge in [-0.1, -0.05) is 44.2 Å². The lowest BCUT2D eigenvalue weighted by atomic mass is 10.0. The van der Waals surface area contributed by atoms with Gasteiger partial charge in [-0.25, -0.2) is 18.0 Å². The quantitative estimate of drug-likeness (QED) is 0.231. The number of nitrogens with zero attached hydrogens (tertiary/aromatic N) is 1. The van der Waals surface area contributed by atoms with E-state index in [9.17, 15) is 18.0 Å². The fourth-order valence-corrected chi connectivity index (χ4v) is 8.37. The molecule has 0 aliphatic carbocycles. The molecule has 0 spiro atoms. The Morgan fingerprint density at radius 1 is 0.878 bits per heavy atom. The number of nitrogens with two attached hydrogens (primary N) is 1. The van der Waals surface area contributed by atoms with Crippen LogP contribution in [0.15, 0.2) is 59.5 Å². The van der Waals surface area contributed by atoms with Gasteiger partial charge in [0, 0.05) is 12.2 Å². The highest BCUT2D eigenvalue weighted by molar-refractivity contribution is 7.89. The number of rotatable bonds is 13. The Balaban J connectivity index is 1.28. The molecule has 14 nitrogen and oxygen atoms in total. The molecular formula is C34H45N3O11S. The second kappa shape index (κ2) is 15.6. The highest BCUT2D eigenvalue weighted by Crippen LogP contribution is 2.34. The van der Waals surface area contributed by atoms with Crippen molar-refractivity contribution < 1.29 is 51.2 Å². The Bertz CT molecular complexity index is 1530. The van der Waals surface area contributed by atoms with Gasteiger partial charge in [0.25, 0.3) is 0 Å². The average molecular weight is 704 g/mol.